The molecule has 0 rings (SSSR count). The van der Waals surface area contributed by atoms with Crippen LogP contribution in [0.3, 0.4) is 0 Å². The molecule has 5 heteroatoms. The second kappa shape index (κ2) is 26.6. The first-order valence-electron chi connectivity index (χ1n) is 16.6. The molecule has 2 atom stereocenters. The molecule has 0 aliphatic carbocycles. The van der Waals surface area contributed by atoms with Gasteiger partial charge in [0.15, 0.2) is 0 Å². The van der Waals surface area contributed by atoms with E-state index in [0.29, 0.717) is 24.1 Å². The third kappa shape index (κ3) is 26.9. The lowest BCUT2D eigenvalue weighted by Gasteiger charge is -2.31. The standard InChI is InChI=1S/C33H67NO4/c1-34(2,3)30-32(36)31(33(37)38)28-26-24-22-20-18-16-14-12-10-8-6-4-5-7-9-11-13-15-17-19-21-23-25-27-29-35/h31-32,35-36H,4-30H2,1-3H3. The van der Waals surface area contributed by atoms with Gasteiger partial charge in [-0.25, -0.2) is 0 Å². The largest absolute Gasteiger partial charge is 0.550 e. The molecule has 0 bridgehead atoms. The summed E-state index contributed by atoms with van der Waals surface area (Å²) in [4.78, 5) is 11.4. The zero-order valence-corrected chi connectivity index (χ0v) is 25.9. The Bertz CT molecular complexity index is 506. The van der Waals surface area contributed by atoms with Crippen LogP contribution in [-0.2, 0) is 4.79 Å². The van der Waals surface area contributed by atoms with Crippen LogP contribution in [0.1, 0.15) is 161 Å². The first kappa shape index (κ1) is 37.4. The SMILES string of the molecule is C[N+](C)(C)CC(O)C(CCCCCCCCCCCCCCCCCCCCCCCCCCO)C(=O)[O-]. The number of carboxylic acid groups (broad SMARTS) is 1. The summed E-state index contributed by atoms with van der Waals surface area (Å²) in [5, 5.41) is 30.4. The van der Waals surface area contributed by atoms with Crippen molar-refractivity contribution in [2.24, 2.45) is 5.92 Å². The Kier molecular flexibility index (Phi) is 26.1. The number of rotatable bonds is 30. The Morgan fingerprint density at radius 2 is 0.816 bits per heavy atom. The van der Waals surface area contributed by atoms with E-state index in [4.69, 9.17) is 5.11 Å². The topological polar surface area (TPSA) is 80.6 Å². The van der Waals surface area contributed by atoms with Gasteiger partial charge in [0.05, 0.1) is 21.1 Å². The average molecular weight is 542 g/mol. The van der Waals surface area contributed by atoms with Gasteiger partial charge in [-0.3, -0.25) is 0 Å². The Morgan fingerprint density at radius 3 is 1.05 bits per heavy atom. The fourth-order valence-electron chi connectivity index (χ4n) is 5.52. The number of hydrogen-bond acceptors (Lipinski definition) is 4. The van der Waals surface area contributed by atoms with Crippen LogP contribution in [0, 0.1) is 5.92 Å². The van der Waals surface area contributed by atoms with E-state index >= 15 is 0 Å². The second-order valence-electron chi connectivity index (χ2n) is 13.0. The van der Waals surface area contributed by atoms with Crippen LogP contribution < -0.4 is 5.11 Å². The molecule has 0 fully saturated rings. The lowest BCUT2D eigenvalue weighted by molar-refractivity contribution is -0.874. The molecule has 0 spiro atoms. The monoisotopic (exact) mass is 542 g/mol. The molecule has 0 saturated heterocycles. The molecule has 0 aromatic heterocycles. The Hall–Kier alpha value is -0.650. The third-order valence-corrected chi connectivity index (χ3v) is 7.93. The van der Waals surface area contributed by atoms with Crippen molar-refractivity contribution in [3.8, 4) is 0 Å². The molecule has 0 aliphatic heterocycles. The number of carbonyl (C=O) groups excluding carboxylic acids is 1. The number of carboxylic acids is 1. The summed E-state index contributed by atoms with van der Waals surface area (Å²) in [6, 6.07) is 0. The minimum absolute atomic E-state index is 0.355. The van der Waals surface area contributed by atoms with Gasteiger partial charge in [0.25, 0.3) is 0 Å². The predicted molar refractivity (Wildman–Crippen MR) is 160 cm³/mol. The molecule has 228 valence electrons. The van der Waals surface area contributed by atoms with Crippen molar-refractivity contribution in [1.82, 2.24) is 0 Å². The number of hydrogen-bond donors (Lipinski definition) is 2. The third-order valence-electron chi connectivity index (χ3n) is 7.93. The van der Waals surface area contributed by atoms with Crippen molar-refractivity contribution in [1.29, 1.82) is 0 Å². The van der Waals surface area contributed by atoms with Crippen LogP contribution in [0.5, 0.6) is 0 Å². The summed E-state index contributed by atoms with van der Waals surface area (Å²) < 4.78 is 0.556. The molecule has 2 unspecified atom stereocenters. The van der Waals surface area contributed by atoms with E-state index in [1.807, 2.05) is 21.1 Å². The van der Waals surface area contributed by atoms with Crippen LogP contribution in [0.2, 0.25) is 0 Å². The Morgan fingerprint density at radius 1 is 0.553 bits per heavy atom. The van der Waals surface area contributed by atoms with E-state index in [0.717, 1.165) is 25.7 Å². The molecule has 0 aliphatic rings. The van der Waals surface area contributed by atoms with Gasteiger partial charge in [-0.2, -0.15) is 0 Å². The summed E-state index contributed by atoms with van der Waals surface area (Å²) in [5.74, 6) is -1.85. The van der Waals surface area contributed by atoms with Crippen LogP contribution >= 0.6 is 0 Å². The maximum absolute atomic E-state index is 11.4. The van der Waals surface area contributed by atoms with Crippen molar-refractivity contribution < 1.29 is 24.6 Å². The Labute approximate surface area is 237 Å². The Balaban J connectivity index is 3.32. The molecule has 0 aromatic rings. The van der Waals surface area contributed by atoms with Crippen LogP contribution in [0.15, 0.2) is 0 Å². The smallest absolute Gasteiger partial charge is 0.111 e. The van der Waals surface area contributed by atoms with Crippen LogP contribution in [0.25, 0.3) is 0 Å². The molecule has 0 aromatic carbocycles. The second-order valence-corrected chi connectivity index (χ2v) is 13.0. The maximum atomic E-state index is 11.4. The number of quaternary nitrogens is 1. The van der Waals surface area contributed by atoms with E-state index in [1.54, 1.807) is 0 Å². The number of aliphatic hydroxyl groups excluding tert-OH is 2. The summed E-state index contributed by atoms with van der Waals surface area (Å²) in [7, 11) is 5.89. The average Bonchev–Trinajstić information content (AvgIpc) is 2.84. The summed E-state index contributed by atoms with van der Waals surface area (Å²) in [6.45, 7) is 0.793. The van der Waals surface area contributed by atoms with Gasteiger partial charge < -0.3 is 24.6 Å². The van der Waals surface area contributed by atoms with Crippen molar-refractivity contribution in [3.05, 3.63) is 0 Å². The van der Waals surface area contributed by atoms with E-state index in [2.05, 4.69) is 0 Å². The fraction of sp³-hybridized carbons (Fsp3) is 0.970. The predicted octanol–water partition coefficient (Wildman–Crippen LogP) is 7.16. The molecule has 0 amide bonds. The molecule has 2 N–H and O–H groups in total. The fourth-order valence-corrected chi connectivity index (χ4v) is 5.52. The van der Waals surface area contributed by atoms with E-state index in [-0.39, 0.29) is 0 Å². The number of aliphatic hydroxyl groups is 2. The van der Waals surface area contributed by atoms with E-state index in [9.17, 15) is 15.0 Å². The van der Waals surface area contributed by atoms with E-state index in [1.165, 1.54) is 128 Å². The lowest BCUT2D eigenvalue weighted by atomic mass is 9.94. The zero-order valence-electron chi connectivity index (χ0n) is 25.9. The minimum Gasteiger partial charge on any atom is -0.550 e. The molecule has 5 nitrogen and oxygen atoms in total. The summed E-state index contributed by atoms with van der Waals surface area (Å²) in [5.41, 5.74) is 0. The molecule has 0 saturated carbocycles. The number of carbonyl (C=O) groups is 1. The first-order valence-corrected chi connectivity index (χ1v) is 16.6. The maximum Gasteiger partial charge on any atom is 0.111 e. The van der Waals surface area contributed by atoms with Gasteiger partial charge in [-0.1, -0.05) is 148 Å². The normalized spacial score (nSPS) is 13.6. The van der Waals surface area contributed by atoms with Gasteiger partial charge >= 0.3 is 0 Å². The van der Waals surface area contributed by atoms with Crippen molar-refractivity contribution in [2.45, 2.75) is 167 Å². The number of aliphatic carboxylic acids is 1. The lowest BCUT2D eigenvalue weighted by Crippen LogP contribution is -2.48. The van der Waals surface area contributed by atoms with Crippen LogP contribution in [0.4, 0.5) is 0 Å². The van der Waals surface area contributed by atoms with Gasteiger partial charge in [0, 0.05) is 18.5 Å². The summed E-state index contributed by atoms with van der Waals surface area (Å²) in [6.07, 6.45) is 31.1. The molecular formula is C33H67NO4. The minimum atomic E-state index is -1.11. The highest BCUT2D eigenvalue weighted by Gasteiger charge is 2.25. The van der Waals surface area contributed by atoms with Gasteiger partial charge in [0.1, 0.15) is 12.6 Å². The highest BCUT2D eigenvalue weighted by atomic mass is 16.4. The molecule has 0 radical (unpaired) electrons. The van der Waals surface area contributed by atoms with Gasteiger partial charge in [0.2, 0.25) is 0 Å². The van der Waals surface area contributed by atoms with Crippen molar-refractivity contribution in [3.63, 3.8) is 0 Å². The van der Waals surface area contributed by atoms with Crippen molar-refractivity contribution in [2.75, 3.05) is 34.3 Å². The summed E-state index contributed by atoms with van der Waals surface area (Å²) >= 11 is 0. The zero-order chi connectivity index (χ0) is 28.3. The first-order chi connectivity index (χ1) is 18.3. The van der Waals surface area contributed by atoms with E-state index < -0.39 is 18.0 Å². The molecular weight excluding hydrogens is 474 g/mol. The van der Waals surface area contributed by atoms with Crippen LogP contribution in [-0.4, -0.2) is 61.1 Å². The quantitative estimate of drug-likeness (QED) is 0.0746. The van der Waals surface area contributed by atoms with Gasteiger partial charge in [-0.05, 0) is 12.8 Å². The number of unbranched alkanes of at least 4 members (excludes halogenated alkanes) is 23. The highest BCUT2D eigenvalue weighted by molar-refractivity contribution is 5.68. The van der Waals surface area contributed by atoms with Crippen molar-refractivity contribution >= 4 is 5.97 Å². The highest BCUT2D eigenvalue weighted by Crippen LogP contribution is 2.18. The molecule has 38 heavy (non-hydrogen) atoms. The van der Waals surface area contributed by atoms with Gasteiger partial charge in [-0.15, -0.1) is 0 Å². The number of nitrogens with zero attached hydrogens (tertiary/aromatic N) is 1. The number of likely N-dealkylation sites (N-methyl/N-ethyl adjacent to an activating group) is 1. The molecule has 0 heterocycles.